The van der Waals surface area contributed by atoms with E-state index in [9.17, 15) is 0 Å². The van der Waals surface area contributed by atoms with Crippen molar-refractivity contribution >= 4 is 5.82 Å². The lowest BCUT2D eigenvalue weighted by molar-refractivity contribution is 0.370. The zero-order valence-corrected chi connectivity index (χ0v) is 12.4. The lowest BCUT2D eigenvalue weighted by Gasteiger charge is -2.25. The molecule has 0 aromatic carbocycles. The van der Waals surface area contributed by atoms with E-state index in [1.807, 2.05) is 0 Å². The molecule has 0 amide bonds. The maximum Gasteiger partial charge on any atom is 0.124 e. The zero-order valence-electron chi connectivity index (χ0n) is 12.4. The smallest absolute Gasteiger partial charge is 0.124 e. The van der Waals surface area contributed by atoms with Crippen LogP contribution in [0, 0.1) is 5.92 Å². The Balaban J connectivity index is 1.79. The number of anilines is 1. The molecule has 0 saturated heterocycles. The number of hydrogen-bond acceptors (Lipinski definition) is 2. The summed E-state index contributed by atoms with van der Waals surface area (Å²) in [7, 11) is 0. The van der Waals surface area contributed by atoms with Crippen molar-refractivity contribution in [2.75, 3.05) is 11.9 Å². The lowest BCUT2D eigenvalue weighted by Crippen LogP contribution is -2.24. The fourth-order valence-corrected chi connectivity index (χ4v) is 3.40. The van der Waals surface area contributed by atoms with E-state index in [1.165, 1.54) is 56.5 Å². The number of aromatic nitrogens is 2. The summed E-state index contributed by atoms with van der Waals surface area (Å²) in [5.74, 6) is 2.83. The van der Waals surface area contributed by atoms with Gasteiger partial charge in [0.1, 0.15) is 5.82 Å². The van der Waals surface area contributed by atoms with Gasteiger partial charge in [0.15, 0.2) is 0 Å². The van der Waals surface area contributed by atoms with Gasteiger partial charge in [0.2, 0.25) is 0 Å². The van der Waals surface area contributed by atoms with E-state index < -0.39 is 0 Å². The maximum atomic E-state index is 4.97. The molecule has 1 aromatic heterocycles. The van der Waals surface area contributed by atoms with Crippen LogP contribution >= 0.6 is 0 Å². The summed E-state index contributed by atoms with van der Waals surface area (Å²) in [6, 6.07) is 2.99. The molecule has 1 N–H and O–H groups in total. The van der Waals surface area contributed by atoms with E-state index in [-0.39, 0.29) is 0 Å². The third kappa shape index (κ3) is 2.65. The summed E-state index contributed by atoms with van der Waals surface area (Å²) in [5.41, 5.74) is 1.33. The third-order valence-electron chi connectivity index (χ3n) is 4.80. The van der Waals surface area contributed by atoms with Gasteiger partial charge >= 0.3 is 0 Å². The Hall–Kier alpha value is -0.990. The van der Waals surface area contributed by atoms with Crippen LogP contribution in [0.15, 0.2) is 6.07 Å². The molecular weight excluding hydrogens is 234 g/mol. The minimum atomic E-state index is 0.653. The predicted octanol–water partition coefficient (Wildman–Crippen LogP) is 4.33. The van der Waals surface area contributed by atoms with Crippen molar-refractivity contribution in [2.24, 2.45) is 5.92 Å². The summed E-state index contributed by atoms with van der Waals surface area (Å²) in [6.45, 7) is 5.69. The van der Waals surface area contributed by atoms with Gasteiger partial charge in [0.25, 0.3) is 0 Å². The van der Waals surface area contributed by atoms with E-state index in [2.05, 4.69) is 29.9 Å². The SMILES string of the molecule is CCCCC(CC)c1cc2n(n1)C(C1CC1)CCN2. The molecule has 106 valence electrons. The van der Waals surface area contributed by atoms with Gasteiger partial charge in [-0.1, -0.05) is 26.7 Å². The van der Waals surface area contributed by atoms with Crippen molar-refractivity contribution in [2.45, 2.75) is 70.8 Å². The molecule has 1 aromatic rings. The molecule has 2 heterocycles. The average molecular weight is 261 g/mol. The first kappa shape index (κ1) is 13.0. The van der Waals surface area contributed by atoms with Crippen molar-refractivity contribution in [1.82, 2.24) is 9.78 Å². The quantitative estimate of drug-likeness (QED) is 0.826. The van der Waals surface area contributed by atoms with Crippen LogP contribution in [-0.2, 0) is 0 Å². The Kier molecular flexibility index (Phi) is 3.81. The average Bonchev–Trinajstić information content (AvgIpc) is 3.18. The van der Waals surface area contributed by atoms with E-state index in [0.29, 0.717) is 12.0 Å². The Morgan fingerprint density at radius 3 is 2.89 bits per heavy atom. The van der Waals surface area contributed by atoms with Crippen LogP contribution in [0.5, 0.6) is 0 Å². The van der Waals surface area contributed by atoms with Crippen LogP contribution < -0.4 is 5.32 Å². The van der Waals surface area contributed by atoms with E-state index in [4.69, 9.17) is 5.10 Å². The molecule has 2 atom stereocenters. The molecule has 2 aliphatic rings. The fraction of sp³-hybridized carbons (Fsp3) is 0.812. The molecule has 0 radical (unpaired) electrons. The molecule has 1 aliphatic heterocycles. The Morgan fingerprint density at radius 1 is 1.37 bits per heavy atom. The second-order valence-electron chi connectivity index (χ2n) is 6.27. The van der Waals surface area contributed by atoms with Crippen molar-refractivity contribution in [3.05, 3.63) is 11.8 Å². The summed E-state index contributed by atoms with van der Waals surface area (Å²) in [4.78, 5) is 0. The minimum Gasteiger partial charge on any atom is -0.370 e. The summed E-state index contributed by atoms with van der Waals surface area (Å²) in [5, 5.41) is 8.50. The normalized spacial score (nSPS) is 23.8. The zero-order chi connectivity index (χ0) is 13.2. The van der Waals surface area contributed by atoms with Crippen LogP contribution in [0.25, 0.3) is 0 Å². The highest BCUT2D eigenvalue weighted by Crippen LogP contribution is 2.44. The van der Waals surface area contributed by atoms with Gasteiger partial charge in [-0.2, -0.15) is 5.10 Å². The number of rotatable bonds is 6. The van der Waals surface area contributed by atoms with E-state index in [1.54, 1.807) is 0 Å². The predicted molar refractivity (Wildman–Crippen MR) is 79.7 cm³/mol. The van der Waals surface area contributed by atoms with Crippen LogP contribution in [0.2, 0.25) is 0 Å². The first-order chi connectivity index (χ1) is 9.33. The van der Waals surface area contributed by atoms with Crippen LogP contribution in [0.1, 0.15) is 76.4 Å². The van der Waals surface area contributed by atoms with Gasteiger partial charge in [-0.3, -0.25) is 0 Å². The van der Waals surface area contributed by atoms with Gasteiger partial charge in [-0.05, 0) is 38.0 Å². The maximum absolute atomic E-state index is 4.97. The van der Waals surface area contributed by atoms with Crippen molar-refractivity contribution in [1.29, 1.82) is 0 Å². The molecule has 0 spiro atoms. The molecule has 2 unspecified atom stereocenters. The van der Waals surface area contributed by atoms with Crippen LogP contribution in [0.3, 0.4) is 0 Å². The summed E-state index contributed by atoms with van der Waals surface area (Å²) < 4.78 is 2.31. The number of nitrogens with zero attached hydrogens (tertiary/aromatic N) is 2. The van der Waals surface area contributed by atoms with Gasteiger partial charge in [-0.15, -0.1) is 0 Å². The molecule has 3 heteroatoms. The standard InChI is InChI=1S/C16H27N3/c1-3-5-6-12(4-2)14-11-16-17-10-9-15(13-7-8-13)19(16)18-14/h11-13,15,17H,3-10H2,1-2H3. The van der Waals surface area contributed by atoms with Gasteiger partial charge < -0.3 is 5.32 Å². The highest BCUT2D eigenvalue weighted by atomic mass is 15.4. The minimum absolute atomic E-state index is 0.653. The second kappa shape index (κ2) is 5.56. The third-order valence-corrected chi connectivity index (χ3v) is 4.80. The molecule has 0 bridgehead atoms. The molecule has 3 nitrogen and oxygen atoms in total. The molecule has 1 aliphatic carbocycles. The summed E-state index contributed by atoms with van der Waals surface area (Å²) >= 11 is 0. The number of fused-ring (bicyclic) bond motifs is 1. The van der Waals surface area contributed by atoms with Crippen molar-refractivity contribution in [3.63, 3.8) is 0 Å². The second-order valence-corrected chi connectivity index (χ2v) is 6.27. The molecule has 19 heavy (non-hydrogen) atoms. The largest absolute Gasteiger partial charge is 0.370 e. The highest BCUT2D eigenvalue weighted by Gasteiger charge is 2.36. The van der Waals surface area contributed by atoms with E-state index >= 15 is 0 Å². The summed E-state index contributed by atoms with van der Waals surface area (Å²) in [6.07, 6.45) is 9.18. The van der Waals surface area contributed by atoms with Crippen LogP contribution in [-0.4, -0.2) is 16.3 Å². The Morgan fingerprint density at radius 2 is 2.21 bits per heavy atom. The molecular formula is C16H27N3. The Labute approximate surface area is 116 Å². The van der Waals surface area contributed by atoms with Crippen LogP contribution in [0.4, 0.5) is 5.82 Å². The van der Waals surface area contributed by atoms with E-state index in [0.717, 1.165) is 12.5 Å². The van der Waals surface area contributed by atoms with Gasteiger partial charge in [0.05, 0.1) is 11.7 Å². The number of nitrogens with one attached hydrogen (secondary N) is 1. The molecule has 3 rings (SSSR count). The molecule has 1 saturated carbocycles. The monoisotopic (exact) mass is 261 g/mol. The van der Waals surface area contributed by atoms with Crippen molar-refractivity contribution < 1.29 is 0 Å². The van der Waals surface area contributed by atoms with Gasteiger partial charge in [-0.25, -0.2) is 4.68 Å². The topological polar surface area (TPSA) is 29.9 Å². The fourth-order valence-electron chi connectivity index (χ4n) is 3.40. The lowest BCUT2D eigenvalue weighted by atomic mass is 9.96. The first-order valence-electron chi connectivity index (χ1n) is 8.16. The van der Waals surface area contributed by atoms with Gasteiger partial charge in [0, 0.05) is 18.5 Å². The molecule has 1 fully saturated rings. The Bertz CT molecular complexity index is 420. The number of unbranched alkanes of at least 4 members (excludes halogenated alkanes) is 1. The number of hydrogen-bond donors (Lipinski definition) is 1. The highest BCUT2D eigenvalue weighted by molar-refractivity contribution is 5.40. The van der Waals surface area contributed by atoms with Crippen molar-refractivity contribution in [3.8, 4) is 0 Å². The first-order valence-corrected chi connectivity index (χ1v) is 8.16.